The second-order valence-electron chi connectivity index (χ2n) is 6.61. The lowest BCUT2D eigenvalue weighted by Gasteiger charge is -2.20. The highest BCUT2D eigenvalue weighted by Crippen LogP contribution is 2.29. The van der Waals surface area contributed by atoms with Crippen LogP contribution in [0.25, 0.3) is 0 Å². The Bertz CT molecular complexity index is 519. The number of hydrogen-bond donors (Lipinski definition) is 1. The van der Waals surface area contributed by atoms with Gasteiger partial charge in [-0.3, -0.25) is 0 Å². The monoisotopic (exact) mass is 350 g/mol. The molecule has 0 radical (unpaired) electrons. The molecule has 1 aromatic rings. The summed E-state index contributed by atoms with van der Waals surface area (Å²) in [5, 5.41) is 10.3. The summed E-state index contributed by atoms with van der Waals surface area (Å²) >= 11 is 0. The Balaban J connectivity index is 3.07. The number of rotatable bonds is 11. The van der Waals surface area contributed by atoms with Crippen molar-refractivity contribution in [2.45, 2.75) is 83.6 Å². The maximum Gasteiger partial charge on any atom is 0.0808 e. The van der Waals surface area contributed by atoms with Crippen LogP contribution < -0.4 is 0 Å². The summed E-state index contributed by atoms with van der Waals surface area (Å²) in [7, 11) is -1.19. The van der Waals surface area contributed by atoms with Crippen LogP contribution in [0.5, 0.6) is 0 Å². The minimum absolute atomic E-state index is 0.281. The Morgan fingerprint density at radius 2 is 1.67 bits per heavy atom. The fourth-order valence-electron chi connectivity index (χ4n) is 2.83. The Kier molecular flexibility index (Phi) is 10.2. The van der Waals surface area contributed by atoms with Crippen molar-refractivity contribution in [2.24, 2.45) is 5.92 Å². The van der Waals surface area contributed by atoms with Gasteiger partial charge in [0.05, 0.1) is 16.9 Å². The standard InChI is InChI=1S/C21H34O2S/c1-5-8-10-18(7-3)21(16-19(22)11-9-6-2)24(23)20-14-12-17(4)13-15-20/h12-16,18-19,22H,5-11H2,1-4H3/b21-16-/t18-,19-,24+/m1/s1. The van der Waals surface area contributed by atoms with E-state index in [0.717, 1.165) is 54.7 Å². The highest BCUT2D eigenvalue weighted by atomic mass is 32.2. The van der Waals surface area contributed by atoms with Gasteiger partial charge in [-0.15, -0.1) is 0 Å². The van der Waals surface area contributed by atoms with E-state index in [9.17, 15) is 9.32 Å². The van der Waals surface area contributed by atoms with Gasteiger partial charge in [0.2, 0.25) is 0 Å². The lowest BCUT2D eigenvalue weighted by molar-refractivity contribution is 0.208. The van der Waals surface area contributed by atoms with Gasteiger partial charge < -0.3 is 5.11 Å². The van der Waals surface area contributed by atoms with Gasteiger partial charge in [-0.25, -0.2) is 4.21 Å². The van der Waals surface area contributed by atoms with Crippen molar-refractivity contribution >= 4 is 10.8 Å². The summed E-state index contributed by atoms with van der Waals surface area (Å²) in [4.78, 5) is 1.75. The molecule has 3 heteroatoms. The molecule has 0 amide bonds. The zero-order chi connectivity index (χ0) is 17.9. The van der Waals surface area contributed by atoms with Gasteiger partial charge in [-0.1, -0.05) is 64.2 Å². The molecule has 136 valence electrons. The average Bonchev–Trinajstić information content (AvgIpc) is 2.59. The van der Waals surface area contributed by atoms with Crippen molar-refractivity contribution in [3.8, 4) is 0 Å². The fraction of sp³-hybridized carbons (Fsp3) is 0.619. The highest BCUT2D eigenvalue weighted by Gasteiger charge is 2.21. The normalized spacial score (nSPS) is 16.0. The largest absolute Gasteiger partial charge is 0.389 e. The molecule has 1 N–H and O–H groups in total. The van der Waals surface area contributed by atoms with Crippen LogP contribution >= 0.6 is 0 Å². The molecule has 0 unspecified atom stereocenters. The quantitative estimate of drug-likeness (QED) is 0.551. The maximum atomic E-state index is 13.2. The lowest BCUT2D eigenvalue weighted by atomic mass is 9.97. The molecule has 0 aliphatic carbocycles. The van der Waals surface area contributed by atoms with Crippen molar-refractivity contribution in [3.05, 3.63) is 40.8 Å². The third kappa shape index (κ3) is 6.90. The molecule has 0 heterocycles. The van der Waals surface area contributed by atoms with Crippen molar-refractivity contribution in [1.29, 1.82) is 0 Å². The molecule has 0 saturated carbocycles. The molecular weight excluding hydrogens is 316 g/mol. The molecule has 0 bridgehead atoms. The molecule has 0 saturated heterocycles. The second-order valence-corrected chi connectivity index (χ2v) is 8.09. The number of unbranched alkanes of at least 4 members (excludes halogenated alkanes) is 2. The zero-order valence-corrected chi connectivity index (χ0v) is 16.6. The van der Waals surface area contributed by atoms with E-state index in [1.165, 1.54) is 5.56 Å². The number of hydrogen-bond acceptors (Lipinski definition) is 2. The van der Waals surface area contributed by atoms with E-state index < -0.39 is 16.9 Å². The summed E-state index contributed by atoms with van der Waals surface area (Å²) in [6.07, 6.45) is 8.46. The summed E-state index contributed by atoms with van der Waals surface area (Å²) in [6.45, 7) is 8.49. The second kappa shape index (κ2) is 11.6. The molecule has 2 nitrogen and oxygen atoms in total. The lowest BCUT2D eigenvalue weighted by Crippen LogP contribution is -2.13. The zero-order valence-electron chi connectivity index (χ0n) is 15.8. The first-order valence-corrected chi connectivity index (χ1v) is 10.6. The van der Waals surface area contributed by atoms with Gasteiger partial charge in [-0.05, 0) is 50.3 Å². The molecule has 1 rings (SSSR count). The molecular formula is C21H34O2S. The third-order valence-corrected chi connectivity index (χ3v) is 6.06. The number of aryl methyl sites for hydroxylation is 1. The molecule has 24 heavy (non-hydrogen) atoms. The Morgan fingerprint density at radius 3 is 2.21 bits per heavy atom. The molecule has 0 fully saturated rings. The molecule has 0 aliphatic rings. The average molecular weight is 351 g/mol. The van der Waals surface area contributed by atoms with Crippen LogP contribution in [0.15, 0.2) is 40.1 Å². The van der Waals surface area contributed by atoms with Crippen LogP contribution in [0, 0.1) is 12.8 Å². The fourth-order valence-corrected chi connectivity index (χ4v) is 4.35. The van der Waals surface area contributed by atoms with E-state index >= 15 is 0 Å². The van der Waals surface area contributed by atoms with Crippen LogP contribution in [-0.2, 0) is 10.8 Å². The highest BCUT2D eigenvalue weighted by molar-refractivity contribution is 7.89. The van der Waals surface area contributed by atoms with E-state index in [2.05, 4.69) is 20.8 Å². The smallest absolute Gasteiger partial charge is 0.0808 e. The first-order valence-electron chi connectivity index (χ1n) is 9.41. The first-order chi connectivity index (χ1) is 11.5. The SMILES string of the molecule is CCCC[C@@H](CC)/C(=C/[C@H](O)CCCC)[S@@](=O)c1ccc(C)cc1. The minimum atomic E-state index is -1.19. The van der Waals surface area contributed by atoms with Gasteiger partial charge in [-0.2, -0.15) is 0 Å². The van der Waals surface area contributed by atoms with E-state index in [1.54, 1.807) is 0 Å². The van der Waals surface area contributed by atoms with Crippen LogP contribution in [-0.4, -0.2) is 15.4 Å². The Morgan fingerprint density at radius 1 is 1.08 bits per heavy atom. The molecule has 0 spiro atoms. The van der Waals surface area contributed by atoms with Crippen molar-refractivity contribution in [2.75, 3.05) is 0 Å². The van der Waals surface area contributed by atoms with Crippen molar-refractivity contribution < 1.29 is 9.32 Å². The topological polar surface area (TPSA) is 37.3 Å². The number of allylic oxidation sites excluding steroid dienone is 1. The van der Waals surface area contributed by atoms with E-state index in [0.29, 0.717) is 0 Å². The third-order valence-electron chi connectivity index (χ3n) is 4.46. The van der Waals surface area contributed by atoms with Crippen molar-refractivity contribution in [3.63, 3.8) is 0 Å². The van der Waals surface area contributed by atoms with E-state index in [1.807, 2.05) is 37.3 Å². The number of aliphatic hydroxyl groups excluding tert-OH is 1. The van der Waals surface area contributed by atoms with Gasteiger partial charge in [0, 0.05) is 9.80 Å². The predicted octanol–water partition coefficient (Wildman–Crippen LogP) is 5.75. The van der Waals surface area contributed by atoms with E-state index in [-0.39, 0.29) is 5.92 Å². The van der Waals surface area contributed by atoms with Gasteiger partial charge >= 0.3 is 0 Å². The van der Waals surface area contributed by atoms with Crippen LogP contribution in [0.2, 0.25) is 0 Å². The van der Waals surface area contributed by atoms with E-state index in [4.69, 9.17) is 0 Å². The van der Waals surface area contributed by atoms with Crippen molar-refractivity contribution in [1.82, 2.24) is 0 Å². The van der Waals surface area contributed by atoms with Gasteiger partial charge in [0.15, 0.2) is 0 Å². The molecule has 0 aromatic heterocycles. The van der Waals surface area contributed by atoms with Crippen LogP contribution in [0.4, 0.5) is 0 Å². The van der Waals surface area contributed by atoms with Crippen LogP contribution in [0.1, 0.15) is 71.3 Å². The van der Waals surface area contributed by atoms with Gasteiger partial charge in [0.25, 0.3) is 0 Å². The number of aliphatic hydroxyl groups is 1. The maximum absolute atomic E-state index is 13.2. The number of benzene rings is 1. The first kappa shape index (κ1) is 21.1. The van der Waals surface area contributed by atoms with Crippen LogP contribution in [0.3, 0.4) is 0 Å². The Hall–Kier alpha value is -0.930. The predicted molar refractivity (Wildman–Crippen MR) is 105 cm³/mol. The molecule has 0 aliphatic heterocycles. The van der Waals surface area contributed by atoms with Gasteiger partial charge in [0.1, 0.15) is 0 Å². The molecule has 3 atom stereocenters. The summed E-state index contributed by atoms with van der Waals surface area (Å²) in [5.74, 6) is 0.281. The summed E-state index contributed by atoms with van der Waals surface area (Å²) < 4.78 is 13.2. The summed E-state index contributed by atoms with van der Waals surface area (Å²) in [6, 6.07) is 7.91. The Labute approximate surface area is 150 Å². The molecule has 1 aromatic carbocycles. The summed E-state index contributed by atoms with van der Waals surface area (Å²) in [5.41, 5.74) is 1.17. The minimum Gasteiger partial charge on any atom is -0.389 e.